The number of hydrogen-bond donors (Lipinski definition) is 2. The molecule has 1 amide bonds. The molecule has 0 saturated heterocycles. The maximum atomic E-state index is 12.1. The molecule has 19 heavy (non-hydrogen) atoms. The largest absolute Gasteiger partial charge is 0.384 e. The Balaban J connectivity index is 1.92. The van der Waals surface area contributed by atoms with Crippen molar-refractivity contribution in [2.45, 2.75) is 45.3 Å². The second kappa shape index (κ2) is 6.02. The van der Waals surface area contributed by atoms with E-state index in [1.807, 2.05) is 13.8 Å². The van der Waals surface area contributed by atoms with Gasteiger partial charge in [0.1, 0.15) is 5.82 Å². The Morgan fingerprint density at radius 2 is 2.21 bits per heavy atom. The maximum Gasteiger partial charge on any atom is 0.251 e. The number of anilines is 1. The fraction of sp³-hybridized carbons (Fsp3) is 0.571. The molecule has 0 spiro atoms. The Hall–Kier alpha value is -1.62. The average molecular weight is 263 g/mol. The molecular weight excluding hydrogens is 242 g/mol. The Kier molecular flexibility index (Phi) is 4.37. The molecule has 0 radical (unpaired) electrons. The van der Waals surface area contributed by atoms with Gasteiger partial charge in [0.05, 0.1) is 6.10 Å². The summed E-state index contributed by atoms with van der Waals surface area (Å²) in [6, 6.07) is 3.63. The highest BCUT2D eigenvalue weighted by Crippen LogP contribution is 2.23. The minimum atomic E-state index is -0.0799. The summed E-state index contributed by atoms with van der Waals surface area (Å²) >= 11 is 0. The van der Waals surface area contributed by atoms with Gasteiger partial charge in [0.2, 0.25) is 0 Å². The molecule has 2 rings (SSSR count). The summed E-state index contributed by atoms with van der Waals surface area (Å²) in [6.45, 7) is 4.70. The summed E-state index contributed by atoms with van der Waals surface area (Å²) in [6.07, 6.45) is 2.84. The fourth-order valence-electron chi connectivity index (χ4n) is 2.25. The molecule has 0 aliphatic heterocycles. The first-order chi connectivity index (χ1) is 9.12. The van der Waals surface area contributed by atoms with E-state index in [1.54, 1.807) is 12.1 Å². The van der Waals surface area contributed by atoms with Crippen molar-refractivity contribution in [1.29, 1.82) is 0 Å². The van der Waals surface area contributed by atoms with Gasteiger partial charge in [-0.3, -0.25) is 4.79 Å². The van der Waals surface area contributed by atoms with Crippen molar-refractivity contribution in [3.8, 4) is 0 Å². The van der Waals surface area contributed by atoms with Gasteiger partial charge < -0.3 is 15.8 Å². The Morgan fingerprint density at radius 3 is 2.84 bits per heavy atom. The maximum absolute atomic E-state index is 12.1. The number of pyridine rings is 1. The Morgan fingerprint density at radius 1 is 1.47 bits per heavy atom. The molecule has 1 saturated carbocycles. The normalized spacial score (nSPS) is 21.8. The van der Waals surface area contributed by atoms with E-state index in [0.29, 0.717) is 17.5 Å². The monoisotopic (exact) mass is 263 g/mol. The first-order valence-electron chi connectivity index (χ1n) is 6.81. The number of aryl methyl sites for hydroxylation is 1. The molecule has 1 aromatic rings. The van der Waals surface area contributed by atoms with E-state index in [-0.39, 0.29) is 11.9 Å². The second-order valence-corrected chi connectivity index (χ2v) is 4.84. The van der Waals surface area contributed by atoms with Crippen molar-refractivity contribution in [2.24, 2.45) is 0 Å². The van der Waals surface area contributed by atoms with Gasteiger partial charge in [-0.2, -0.15) is 0 Å². The van der Waals surface area contributed by atoms with Crippen molar-refractivity contribution >= 4 is 11.7 Å². The zero-order valence-electron chi connectivity index (χ0n) is 11.5. The number of carbonyl (C=O) groups is 1. The van der Waals surface area contributed by atoms with Crippen LogP contribution in [0.5, 0.6) is 0 Å². The molecule has 1 aliphatic carbocycles. The van der Waals surface area contributed by atoms with Crippen molar-refractivity contribution in [3.63, 3.8) is 0 Å². The van der Waals surface area contributed by atoms with Crippen LogP contribution in [0.15, 0.2) is 12.1 Å². The molecule has 3 N–H and O–H groups in total. The standard InChI is InChI=1S/C14H21N3O2/c1-3-10-5-9(6-13(15)16-10)14(18)17-11-7-12(8-11)19-4-2/h5-6,11-12H,3-4,7-8H2,1-2H3,(H2,15,16)(H,17,18). The fourth-order valence-corrected chi connectivity index (χ4v) is 2.25. The second-order valence-electron chi connectivity index (χ2n) is 4.84. The molecule has 1 heterocycles. The van der Waals surface area contributed by atoms with E-state index in [4.69, 9.17) is 10.5 Å². The molecule has 5 heteroatoms. The van der Waals surface area contributed by atoms with Gasteiger partial charge in [0.25, 0.3) is 5.91 Å². The van der Waals surface area contributed by atoms with E-state index in [9.17, 15) is 4.79 Å². The SMILES string of the molecule is CCOC1CC(NC(=O)c2cc(N)nc(CC)c2)C1. The number of aromatic nitrogens is 1. The zero-order chi connectivity index (χ0) is 13.8. The van der Waals surface area contributed by atoms with Gasteiger partial charge >= 0.3 is 0 Å². The number of hydrogen-bond acceptors (Lipinski definition) is 4. The van der Waals surface area contributed by atoms with Crippen LogP contribution >= 0.6 is 0 Å². The Bertz CT molecular complexity index is 456. The van der Waals surface area contributed by atoms with Crippen LogP contribution < -0.4 is 11.1 Å². The van der Waals surface area contributed by atoms with Crippen LogP contribution in [-0.4, -0.2) is 29.6 Å². The minimum absolute atomic E-state index is 0.0799. The van der Waals surface area contributed by atoms with Crippen LogP contribution in [-0.2, 0) is 11.2 Å². The lowest BCUT2D eigenvalue weighted by molar-refractivity contribution is -0.00862. The first kappa shape index (κ1) is 13.8. The van der Waals surface area contributed by atoms with Crippen molar-refractivity contribution in [1.82, 2.24) is 10.3 Å². The first-order valence-corrected chi connectivity index (χ1v) is 6.81. The molecule has 1 fully saturated rings. The molecular formula is C14H21N3O2. The summed E-state index contributed by atoms with van der Waals surface area (Å²) in [4.78, 5) is 16.3. The van der Waals surface area contributed by atoms with Gasteiger partial charge in [0.15, 0.2) is 0 Å². The lowest BCUT2D eigenvalue weighted by Gasteiger charge is -2.35. The van der Waals surface area contributed by atoms with E-state index in [0.717, 1.165) is 31.6 Å². The zero-order valence-corrected chi connectivity index (χ0v) is 11.5. The number of carbonyl (C=O) groups excluding carboxylic acids is 1. The number of nitrogen functional groups attached to an aromatic ring is 1. The summed E-state index contributed by atoms with van der Waals surface area (Å²) in [7, 11) is 0. The van der Waals surface area contributed by atoms with Crippen molar-refractivity contribution in [2.75, 3.05) is 12.3 Å². The van der Waals surface area contributed by atoms with Crippen molar-refractivity contribution in [3.05, 3.63) is 23.4 Å². The third-order valence-electron chi connectivity index (χ3n) is 3.36. The number of nitrogens with one attached hydrogen (secondary N) is 1. The number of rotatable bonds is 5. The summed E-state index contributed by atoms with van der Waals surface area (Å²) in [5, 5.41) is 3.00. The predicted molar refractivity (Wildman–Crippen MR) is 73.9 cm³/mol. The number of nitrogens with two attached hydrogens (primary N) is 1. The highest BCUT2D eigenvalue weighted by molar-refractivity contribution is 5.95. The third kappa shape index (κ3) is 3.44. The van der Waals surface area contributed by atoms with Gasteiger partial charge in [-0.25, -0.2) is 4.98 Å². The highest BCUT2D eigenvalue weighted by Gasteiger charge is 2.30. The van der Waals surface area contributed by atoms with Crippen LogP contribution in [0.4, 0.5) is 5.82 Å². The Labute approximate surface area is 113 Å². The lowest BCUT2D eigenvalue weighted by atomic mass is 9.89. The average Bonchev–Trinajstić information content (AvgIpc) is 2.35. The number of ether oxygens (including phenoxy) is 1. The molecule has 0 bridgehead atoms. The van der Waals surface area contributed by atoms with Crippen LogP contribution in [0.2, 0.25) is 0 Å². The van der Waals surface area contributed by atoms with E-state index in [1.165, 1.54) is 0 Å². The molecule has 5 nitrogen and oxygen atoms in total. The summed E-state index contributed by atoms with van der Waals surface area (Å²) < 4.78 is 5.47. The van der Waals surface area contributed by atoms with Gasteiger partial charge in [-0.05, 0) is 38.3 Å². The van der Waals surface area contributed by atoms with E-state index >= 15 is 0 Å². The van der Waals surface area contributed by atoms with Gasteiger partial charge in [0, 0.05) is 23.9 Å². The quantitative estimate of drug-likeness (QED) is 0.844. The molecule has 0 unspecified atom stereocenters. The smallest absolute Gasteiger partial charge is 0.251 e. The topological polar surface area (TPSA) is 77.2 Å². The van der Waals surface area contributed by atoms with Crippen molar-refractivity contribution < 1.29 is 9.53 Å². The van der Waals surface area contributed by atoms with E-state index in [2.05, 4.69) is 10.3 Å². The minimum Gasteiger partial charge on any atom is -0.384 e. The molecule has 0 aromatic carbocycles. The highest BCUT2D eigenvalue weighted by atomic mass is 16.5. The molecule has 0 atom stereocenters. The van der Waals surface area contributed by atoms with Crippen LogP contribution in [0.1, 0.15) is 42.7 Å². The van der Waals surface area contributed by atoms with Gasteiger partial charge in [-0.1, -0.05) is 6.92 Å². The lowest BCUT2D eigenvalue weighted by Crippen LogP contribution is -2.47. The number of amides is 1. The van der Waals surface area contributed by atoms with Crippen LogP contribution in [0.3, 0.4) is 0 Å². The van der Waals surface area contributed by atoms with E-state index < -0.39 is 0 Å². The molecule has 1 aromatic heterocycles. The van der Waals surface area contributed by atoms with Crippen LogP contribution in [0, 0.1) is 0 Å². The summed E-state index contributed by atoms with van der Waals surface area (Å²) in [5.74, 6) is 0.314. The third-order valence-corrected chi connectivity index (χ3v) is 3.36. The molecule has 1 aliphatic rings. The number of nitrogens with zero attached hydrogens (tertiary/aromatic N) is 1. The molecule has 104 valence electrons. The van der Waals surface area contributed by atoms with Crippen LogP contribution in [0.25, 0.3) is 0 Å². The van der Waals surface area contributed by atoms with Gasteiger partial charge in [-0.15, -0.1) is 0 Å². The predicted octanol–water partition coefficient (Wildman–Crippen LogP) is 1.52. The summed E-state index contributed by atoms with van der Waals surface area (Å²) in [5.41, 5.74) is 7.13.